The summed E-state index contributed by atoms with van der Waals surface area (Å²) >= 11 is 0. The van der Waals surface area contributed by atoms with E-state index in [4.69, 9.17) is 19.7 Å². The first kappa shape index (κ1) is 10.9. The fraction of sp³-hybridized carbons (Fsp3) is 1.00. The molecule has 1 saturated heterocycles. The number of epoxide rings is 1. The maximum Gasteiger partial charge on any atom is 0.277 e. The first-order chi connectivity index (χ1) is 5.72. The van der Waals surface area contributed by atoms with Crippen LogP contribution in [0.5, 0.6) is 0 Å². The van der Waals surface area contributed by atoms with Gasteiger partial charge in [-0.2, -0.15) is 0 Å². The van der Waals surface area contributed by atoms with Gasteiger partial charge in [-0.15, -0.1) is 0 Å². The Morgan fingerprint density at radius 1 is 1.31 bits per heavy atom. The molecular formula is C9H18O4. The summed E-state index contributed by atoms with van der Waals surface area (Å²) in [5, 5.41) is 18.3. The van der Waals surface area contributed by atoms with Crippen LogP contribution in [0.25, 0.3) is 0 Å². The number of hydrogen-bond donors (Lipinski definition) is 2. The second-order valence-electron chi connectivity index (χ2n) is 4.23. The Bertz CT molecular complexity index is 200. The molecule has 0 aliphatic carbocycles. The Morgan fingerprint density at radius 3 is 2.08 bits per heavy atom. The summed E-state index contributed by atoms with van der Waals surface area (Å²) in [5.41, 5.74) is -0.615. The van der Waals surface area contributed by atoms with Crippen LogP contribution < -0.4 is 0 Å². The standard InChI is InChI=1S/C9H18O4/c1-5-9(10,11)12-6-8(4)7(2,3)13-8/h10-11H,5-6H2,1-4H3. The molecule has 0 amide bonds. The topological polar surface area (TPSA) is 62.2 Å². The quantitative estimate of drug-likeness (QED) is 0.504. The van der Waals surface area contributed by atoms with Crippen molar-refractivity contribution in [1.82, 2.24) is 0 Å². The molecule has 0 aromatic carbocycles. The van der Waals surface area contributed by atoms with E-state index in [1.807, 2.05) is 20.8 Å². The normalized spacial score (nSPS) is 31.8. The van der Waals surface area contributed by atoms with Crippen LogP contribution in [0.2, 0.25) is 0 Å². The summed E-state index contributed by atoms with van der Waals surface area (Å²) in [6, 6.07) is 0. The molecule has 1 fully saturated rings. The van der Waals surface area contributed by atoms with Crippen LogP contribution in [-0.4, -0.2) is 34.0 Å². The van der Waals surface area contributed by atoms with Gasteiger partial charge in [0.2, 0.25) is 0 Å². The Balaban J connectivity index is 2.37. The molecule has 0 aromatic heterocycles. The van der Waals surface area contributed by atoms with Crippen molar-refractivity contribution in [3.8, 4) is 0 Å². The van der Waals surface area contributed by atoms with E-state index in [1.54, 1.807) is 6.92 Å². The fourth-order valence-corrected chi connectivity index (χ4v) is 1.10. The molecule has 2 N–H and O–H groups in total. The smallest absolute Gasteiger partial charge is 0.277 e. The average molecular weight is 190 g/mol. The largest absolute Gasteiger partial charge is 0.361 e. The van der Waals surface area contributed by atoms with Gasteiger partial charge in [-0.05, 0) is 20.8 Å². The van der Waals surface area contributed by atoms with Gasteiger partial charge in [0.1, 0.15) is 5.60 Å². The van der Waals surface area contributed by atoms with Crippen molar-refractivity contribution in [3.05, 3.63) is 0 Å². The third kappa shape index (κ3) is 2.20. The van der Waals surface area contributed by atoms with Crippen LogP contribution in [0.4, 0.5) is 0 Å². The van der Waals surface area contributed by atoms with E-state index in [9.17, 15) is 0 Å². The molecule has 4 heteroatoms. The van der Waals surface area contributed by atoms with Crippen molar-refractivity contribution >= 4 is 0 Å². The number of rotatable bonds is 4. The summed E-state index contributed by atoms with van der Waals surface area (Å²) in [4.78, 5) is 0. The molecule has 1 rings (SSSR count). The molecule has 1 aliphatic heterocycles. The molecular weight excluding hydrogens is 172 g/mol. The summed E-state index contributed by atoms with van der Waals surface area (Å²) in [6.07, 6.45) is 0.142. The van der Waals surface area contributed by atoms with Crippen LogP contribution in [0, 0.1) is 0 Å². The van der Waals surface area contributed by atoms with Gasteiger partial charge in [-0.3, -0.25) is 0 Å². The lowest BCUT2D eigenvalue weighted by molar-refractivity contribution is -0.342. The summed E-state index contributed by atoms with van der Waals surface area (Å²) in [5.74, 6) is -2.02. The molecule has 1 unspecified atom stereocenters. The lowest BCUT2D eigenvalue weighted by Gasteiger charge is -2.21. The van der Waals surface area contributed by atoms with Gasteiger partial charge in [-0.25, -0.2) is 0 Å². The van der Waals surface area contributed by atoms with Crippen molar-refractivity contribution in [1.29, 1.82) is 0 Å². The maximum atomic E-state index is 9.16. The maximum absolute atomic E-state index is 9.16. The van der Waals surface area contributed by atoms with Crippen LogP contribution in [0.1, 0.15) is 34.1 Å². The van der Waals surface area contributed by atoms with Gasteiger partial charge in [0.25, 0.3) is 5.97 Å². The SMILES string of the molecule is CCC(O)(O)OCC1(C)OC1(C)C. The summed E-state index contributed by atoms with van der Waals surface area (Å²) in [6.45, 7) is 7.61. The van der Waals surface area contributed by atoms with Crippen molar-refractivity contribution < 1.29 is 19.7 Å². The molecule has 4 nitrogen and oxygen atoms in total. The van der Waals surface area contributed by atoms with Crippen LogP contribution >= 0.6 is 0 Å². The van der Waals surface area contributed by atoms with E-state index >= 15 is 0 Å². The van der Waals surface area contributed by atoms with Crippen molar-refractivity contribution in [2.75, 3.05) is 6.61 Å². The highest BCUT2D eigenvalue weighted by Gasteiger charge is 2.60. The zero-order valence-electron chi connectivity index (χ0n) is 8.63. The number of ether oxygens (including phenoxy) is 2. The van der Waals surface area contributed by atoms with Gasteiger partial charge in [0.05, 0.1) is 12.2 Å². The molecule has 0 radical (unpaired) electrons. The third-order valence-electron chi connectivity index (χ3n) is 2.75. The van der Waals surface area contributed by atoms with Crippen LogP contribution in [0.3, 0.4) is 0 Å². The molecule has 13 heavy (non-hydrogen) atoms. The van der Waals surface area contributed by atoms with E-state index in [-0.39, 0.29) is 24.2 Å². The molecule has 78 valence electrons. The Labute approximate surface area is 78.5 Å². The monoisotopic (exact) mass is 190 g/mol. The minimum absolute atomic E-state index is 0.142. The number of hydrogen-bond acceptors (Lipinski definition) is 4. The lowest BCUT2D eigenvalue weighted by Crippen LogP contribution is -2.36. The van der Waals surface area contributed by atoms with Crippen molar-refractivity contribution in [2.24, 2.45) is 0 Å². The summed E-state index contributed by atoms with van der Waals surface area (Å²) in [7, 11) is 0. The van der Waals surface area contributed by atoms with Gasteiger partial charge in [-0.1, -0.05) is 6.92 Å². The lowest BCUT2D eigenvalue weighted by atomic mass is 9.99. The Morgan fingerprint density at radius 2 is 1.77 bits per heavy atom. The Kier molecular flexibility index (Phi) is 2.45. The molecule has 0 bridgehead atoms. The van der Waals surface area contributed by atoms with E-state index in [0.29, 0.717) is 0 Å². The first-order valence-electron chi connectivity index (χ1n) is 4.51. The highest BCUT2D eigenvalue weighted by molar-refractivity contribution is 5.07. The van der Waals surface area contributed by atoms with E-state index in [0.717, 1.165) is 0 Å². The van der Waals surface area contributed by atoms with Crippen LogP contribution in [0.15, 0.2) is 0 Å². The second kappa shape index (κ2) is 2.92. The van der Waals surface area contributed by atoms with Crippen molar-refractivity contribution in [3.63, 3.8) is 0 Å². The highest BCUT2D eigenvalue weighted by atomic mass is 16.8. The minimum Gasteiger partial charge on any atom is -0.361 e. The van der Waals surface area contributed by atoms with Gasteiger partial charge < -0.3 is 19.7 Å². The molecule has 1 heterocycles. The predicted molar refractivity (Wildman–Crippen MR) is 47.0 cm³/mol. The van der Waals surface area contributed by atoms with Crippen molar-refractivity contribution in [2.45, 2.75) is 51.3 Å². The van der Waals surface area contributed by atoms with E-state index in [2.05, 4.69) is 0 Å². The third-order valence-corrected chi connectivity index (χ3v) is 2.75. The van der Waals surface area contributed by atoms with Gasteiger partial charge >= 0.3 is 0 Å². The summed E-state index contributed by atoms with van der Waals surface area (Å²) < 4.78 is 10.3. The zero-order chi connectivity index (χ0) is 10.3. The zero-order valence-corrected chi connectivity index (χ0v) is 8.63. The molecule has 0 saturated carbocycles. The molecule has 1 aliphatic rings. The van der Waals surface area contributed by atoms with Gasteiger partial charge in [0, 0.05) is 6.42 Å². The highest BCUT2D eigenvalue weighted by Crippen LogP contribution is 2.47. The van der Waals surface area contributed by atoms with E-state index < -0.39 is 5.97 Å². The predicted octanol–water partition coefficient (Wildman–Crippen LogP) is 0.619. The fourth-order valence-electron chi connectivity index (χ4n) is 1.10. The first-order valence-corrected chi connectivity index (χ1v) is 4.51. The Hall–Kier alpha value is -0.160. The van der Waals surface area contributed by atoms with E-state index in [1.165, 1.54) is 0 Å². The number of aliphatic hydroxyl groups is 2. The average Bonchev–Trinajstić information content (AvgIpc) is 2.49. The molecule has 1 atom stereocenters. The van der Waals surface area contributed by atoms with Crippen LogP contribution in [-0.2, 0) is 9.47 Å². The molecule has 0 aromatic rings. The molecule has 0 spiro atoms. The minimum atomic E-state index is -2.02. The second-order valence-corrected chi connectivity index (χ2v) is 4.23. The van der Waals surface area contributed by atoms with Gasteiger partial charge in [0.15, 0.2) is 0 Å².